The molecule has 0 spiro atoms. The minimum atomic E-state index is -3.71. The highest BCUT2D eigenvalue weighted by molar-refractivity contribution is 7.98. The number of piperidine rings is 1. The predicted octanol–water partition coefficient (Wildman–Crippen LogP) is 4.00. The maximum absolute atomic E-state index is 13.3. The van der Waals surface area contributed by atoms with E-state index in [0.29, 0.717) is 36.5 Å². The number of fused-ring (bicyclic) bond motifs is 1. The lowest BCUT2D eigenvalue weighted by Gasteiger charge is -2.30. The fourth-order valence-corrected chi connectivity index (χ4v) is 7.22. The monoisotopic (exact) mass is 549 g/mol. The third kappa shape index (κ3) is 5.80. The molecule has 1 amide bonds. The molecule has 1 fully saturated rings. The number of amides is 1. The predicted molar refractivity (Wildman–Crippen MR) is 144 cm³/mol. The Morgan fingerprint density at radius 2 is 1.94 bits per heavy atom. The number of benzene rings is 2. The Morgan fingerprint density at radius 1 is 1.19 bits per heavy atom. The first-order valence-electron chi connectivity index (χ1n) is 11.8. The van der Waals surface area contributed by atoms with Gasteiger partial charge >= 0.3 is 0 Å². The molecule has 36 heavy (non-hydrogen) atoms. The number of ether oxygens (including phenoxy) is 2. The first-order chi connectivity index (χ1) is 17.4. The molecule has 1 aliphatic heterocycles. The summed E-state index contributed by atoms with van der Waals surface area (Å²) in [5, 5.41) is 0. The van der Waals surface area contributed by atoms with Crippen molar-refractivity contribution in [2.45, 2.75) is 31.2 Å². The van der Waals surface area contributed by atoms with Gasteiger partial charge in [0.25, 0.3) is 5.91 Å². The summed E-state index contributed by atoms with van der Waals surface area (Å²) in [5.74, 6) is 1.50. The maximum Gasteiger partial charge on any atom is 0.252 e. The van der Waals surface area contributed by atoms with E-state index in [-0.39, 0.29) is 17.3 Å². The molecule has 8 nitrogen and oxygen atoms in total. The molecule has 2 aromatic carbocycles. The number of hydrogen-bond acceptors (Lipinski definition) is 7. The number of hydrogen-bond donors (Lipinski definition) is 0. The number of carbonyl (C=O) groups is 1. The second-order valence-electron chi connectivity index (χ2n) is 8.42. The van der Waals surface area contributed by atoms with Crippen LogP contribution in [0.5, 0.6) is 11.5 Å². The van der Waals surface area contributed by atoms with Crippen LogP contribution in [0.15, 0.2) is 52.4 Å². The van der Waals surface area contributed by atoms with E-state index in [9.17, 15) is 13.2 Å². The van der Waals surface area contributed by atoms with E-state index in [0.717, 1.165) is 28.3 Å². The van der Waals surface area contributed by atoms with Gasteiger partial charge in [0.2, 0.25) is 10.0 Å². The zero-order valence-electron chi connectivity index (χ0n) is 20.7. The molecule has 0 aliphatic carbocycles. The SMILES string of the molecule is CCOc1ccc2c(c1)sc(=NC(=O)C1CCCN(S(=O)(=O)c3ccc(OC)cc3)C1)n2CCSC. The summed E-state index contributed by atoms with van der Waals surface area (Å²) >= 11 is 3.19. The average Bonchev–Trinajstić information content (AvgIpc) is 3.23. The highest BCUT2D eigenvalue weighted by Crippen LogP contribution is 2.27. The van der Waals surface area contributed by atoms with E-state index in [1.807, 2.05) is 31.4 Å². The molecule has 0 saturated carbocycles. The number of aryl methyl sites for hydroxylation is 1. The largest absolute Gasteiger partial charge is 0.497 e. The molecule has 0 N–H and O–H groups in total. The highest BCUT2D eigenvalue weighted by Gasteiger charge is 2.33. The van der Waals surface area contributed by atoms with Gasteiger partial charge in [-0.1, -0.05) is 11.3 Å². The average molecular weight is 550 g/mol. The summed E-state index contributed by atoms with van der Waals surface area (Å²) in [4.78, 5) is 18.6. The molecular formula is C25H31N3O5S3. The molecular weight excluding hydrogens is 518 g/mol. The van der Waals surface area contributed by atoms with Crippen molar-refractivity contribution >= 4 is 49.2 Å². The van der Waals surface area contributed by atoms with Crippen molar-refractivity contribution in [2.75, 3.05) is 38.8 Å². The van der Waals surface area contributed by atoms with Crippen molar-refractivity contribution in [2.24, 2.45) is 10.9 Å². The molecule has 2 heterocycles. The van der Waals surface area contributed by atoms with E-state index in [2.05, 4.69) is 9.56 Å². The highest BCUT2D eigenvalue weighted by atomic mass is 32.2. The van der Waals surface area contributed by atoms with Gasteiger partial charge in [0.05, 0.1) is 34.7 Å². The van der Waals surface area contributed by atoms with Crippen LogP contribution in [0.2, 0.25) is 0 Å². The first kappa shape index (κ1) is 26.7. The Morgan fingerprint density at radius 3 is 2.64 bits per heavy atom. The fraction of sp³-hybridized carbons (Fsp3) is 0.440. The van der Waals surface area contributed by atoms with Crippen molar-refractivity contribution in [1.82, 2.24) is 8.87 Å². The van der Waals surface area contributed by atoms with Gasteiger partial charge in [0.1, 0.15) is 11.5 Å². The van der Waals surface area contributed by atoms with Crippen LogP contribution < -0.4 is 14.3 Å². The number of rotatable bonds is 9. The van der Waals surface area contributed by atoms with Crippen molar-refractivity contribution in [3.05, 3.63) is 47.3 Å². The van der Waals surface area contributed by atoms with Crippen LogP contribution in [0.1, 0.15) is 19.8 Å². The standard InChI is InChI=1S/C25H31N3O5S3/c1-4-33-20-9-12-22-23(16-20)35-25(28(22)14-15-34-3)26-24(29)18-6-5-13-27(17-18)36(30,31)21-10-7-19(32-2)8-11-21/h7-12,16,18H,4-6,13-15,17H2,1-3H3. The normalized spacial score (nSPS) is 17.4. The van der Waals surface area contributed by atoms with E-state index >= 15 is 0 Å². The fourth-order valence-electron chi connectivity index (χ4n) is 4.24. The van der Waals surface area contributed by atoms with Gasteiger partial charge in [-0.15, -0.1) is 0 Å². The second-order valence-corrected chi connectivity index (χ2v) is 12.4. The Bertz CT molecular complexity index is 1380. The number of nitrogens with zero attached hydrogens (tertiary/aromatic N) is 3. The minimum Gasteiger partial charge on any atom is -0.497 e. The molecule has 1 aromatic heterocycles. The number of thioether (sulfide) groups is 1. The van der Waals surface area contributed by atoms with Gasteiger partial charge in [0, 0.05) is 25.4 Å². The van der Waals surface area contributed by atoms with Crippen molar-refractivity contribution in [1.29, 1.82) is 0 Å². The van der Waals surface area contributed by atoms with Crippen molar-refractivity contribution in [3.8, 4) is 11.5 Å². The second kappa shape index (κ2) is 11.8. The molecule has 0 radical (unpaired) electrons. The summed E-state index contributed by atoms with van der Waals surface area (Å²) in [7, 11) is -2.18. The summed E-state index contributed by atoms with van der Waals surface area (Å²) in [6.07, 6.45) is 3.27. The summed E-state index contributed by atoms with van der Waals surface area (Å²) in [6, 6.07) is 12.2. The summed E-state index contributed by atoms with van der Waals surface area (Å²) in [5.41, 5.74) is 1.01. The Kier molecular flexibility index (Phi) is 8.76. The molecule has 194 valence electrons. The zero-order valence-corrected chi connectivity index (χ0v) is 23.1. The van der Waals surface area contributed by atoms with Crippen LogP contribution in [-0.4, -0.2) is 62.0 Å². The number of methoxy groups -OCH3 is 1. The molecule has 0 bridgehead atoms. The van der Waals surface area contributed by atoms with E-state index < -0.39 is 15.9 Å². The number of aromatic nitrogens is 1. The van der Waals surface area contributed by atoms with Crippen LogP contribution in [0, 0.1) is 5.92 Å². The number of thiazole rings is 1. The van der Waals surface area contributed by atoms with Crippen LogP contribution >= 0.6 is 23.1 Å². The lowest BCUT2D eigenvalue weighted by atomic mass is 9.99. The third-order valence-electron chi connectivity index (χ3n) is 6.12. The molecule has 1 saturated heterocycles. The van der Waals surface area contributed by atoms with Gasteiger partial charge in [-0.25, -0.2) is 8.42 Å². The van der Waals surface area contributed by atoms with Gasteiger partial charge in [-0.3, -0.25) is 4.79 Å². The topological polar surface area (TPSA) is 90.2 Å². The van der Waals surface area contributed by atoms with Crippen LogP contribution in [0.25, 0.3) is 10.2 Å². The number of carbonyl (C=O) groups excluding carboxylic acids is 1. The summed E-state index contributed by atoms with van der Waals surface area (Å²) < 4.78 is 41.7. The zero-order chi connectivity index (χ0) is 25.7. The van der Waals surface area contributed by atoms with E-state index in [4.69, 9.17) is 9.47 Å². The maximum atomic E-state index is 13.3. The molecule has 1 aliphatic rings. The van der Waals surface area contributed by atoms with Gasteiger partial charge in [-0.2, -0.15) is 21.1 Å². The quantitative estimate of drug-likeness (QED) is 0.401. The van der Waals surface area contributed by atoms with Crippen molar-refractivity contribution < 1.29 is 22.7 Å². The summed E-state index contributed by atoms with van der Waals surface area (Å²) in [6.45, 7) is 3.76. The third-order valence-corrected chi connectivity index (χ3v) is 9.63. The molecule has 3 aromatic rings. The Labute approximate surface area is 220 Å². The molecule has 1 atom stereocenters. The molecule has 1 unspecified atom stereocenters. The van der Waals surface area contributed by atoms with E-state index in [1.165, 1.54) is 34.9 Å². The van der Waals surface area contributed by atoms with Gasteiger partial charge in [-0.05, 0) is 68.5 Å². The number of sulfonamides is 1. The lowest BCUT2D eigenvalue weighted by Crippen LogP contribution is -2.42. The Balaban J connectivity index is 1.60. The van der Waals surface area contributed by atoms with Crippen molar-refractivity contribution in [3.63, 3.8) is 0 Å². The lowest BCUT2D eigenvalue weighted by molar-refractivity contribution is -0.122. The first-order valence-corrected chi connectivity index (χ1v) is 15.5. The molecule has 11 heteroatoms. The van der Waals surface area contributed by atoms with Crippen LogP contribution in [0.4, 0.5) is 0 Å². The molecule has 4 rings (SSSR count). The van der Waals surface area contributed by atoms with E-state index in [1.54, 1.807) is 23.9 Å². The Hall–Kier alpha value is -2.34. The minimum absolute atomic E-state index is 0.126. The van der Waals surface area contributed by atoms with Gasteiger partial charge in [0.15, 0.2) is 4.80 Å². The van der Waals surface area contributed by atoms with Gasteiger partial charge < -0.3 is 14.0 Å². The smallest absolute Gasteiger partial charge is 0.252 e. The van der Waals surface area contributed by atoms with Crippen LogP contribution in [0.3, 0.4) is 0 Å². The van der Waals surface area contributed by atoms with Crippen LogP contribution in [-0.2, 0) is 21.4 Å².